The summed E-state index contributed by atoms with van der Waals surface area (Å²) in [6.45, 7) is 7.95. The van der Waals surface area contributed by atoms with Crippen LogP contribution in [0.4, 0.5) is 5.82 Å². The predicted octanol–water partition coefficient (Wildman–Crippen LogP) is 3.43. The summed E-state index contributed by atoms with van der Waals surface area (Å²) in [6, 6.07) is 7.61. The number of carbonyl (C=O) groups is 1. The highest BCUT2D eigenvalue weighted by Crippen LogP contribution is 2.41. The van der Waals surface area contributed by atoms with E-state index in [4.69, 9.17) is 9.47 Å². The molecule has 0 saturated heterocycles. The third-order valence-electron chi connectivity index (χ3n) is 4.05. The molecule has 0 atom stereocenters. The van der Waals surface area contributed by atoms with Crippen LogP contribution in [0.5, 0.6) is 11.5 Å². The molecule has 5 heteroatoms. The molecule has 2 heterocycles. The van der Waals surface area contributed by atoms with Crippen molar-refractivity contribution in [2.75, 3.05) is 11.9 Å². The molecular weight excluding hydrogens is 304 g/mol. The highest BCUT2D eigenvalue weighted by molar-refractivity contribution is 5.91. The number of nitrogens with zero attached hydrogens (tertiary/aromatic N) is 1. The van der Waals surface area contributed by atoms with E-state index >= 15 is 0 Å². The summed E-state index contributed by atoms with van der Waals surface area (Å²) in [4.78, 5) is 16.3. The van der Waals surface area contributed by atoms with Gasteiger partial charge in [0.2, 0.25) is 0 Å². The summed E-state index contributed by atoms with van der Waals surface area (Å²) in [5.74, 6) is 1.61. The van der Waals surface area contributed by atoms with Crippen molar-refractivity contribution < 1.29 is 14.3 Å². The van der Waals surface area contributed by atoms with Gasteiger partial charge in [0.15, 0.2) is 18.1 Å². The molecule has 1 aliphatic rings. The topological polar surface area (TPSA) is 60.5 Å². The minimum absolute atomic E-state index is 0.0884. The number of pyridine rings is 1. The maximum atomic E-state index is 12.1. The second kappa shape index (κ2) is 6.15. The number of anilines is 1. The van der Waals surface area contributed by atoms with Crippen LogP contribution < -0.4 is 14.8 Å². The lowest BCUT2D eigenvalue weighted by molar-refractivity contribution is -0.118. The predicted molar refractivity (Wildman–Crippen MR) is 92.7 cm³/mol. The SMILES string of the molecule is Cc1cnc(NC(=O)COc2cccc3c2OC(C)(C)C3)cc1C. The molecule has 24 heavy (non-hydrogen) atoms. The molecule has 0 radical (unpaired) electrons. The number of aryl methyl sites for hydroxylation is 2. The Morgan fingerprint density at radius 2 is 2.12 bits per heavy atom. The van der Waals surface area contributed by atoms with E-state index in [-0.39, 0.29) is 18.1 Å². The second-order valence-electron chi connectivity index (χ2n) is 6.77. The number of carbonyl (C=O) groups excluding carboxylic acids is 1. The summed E-state index contributed by atoms with van der Waals surface area (Å²) < 4.78 is 11.6. The molecule has 0 fully saturated rings. The standard InChI is InChI=1S/C19H22N2O3/c1-12-8-16(20-10-13(12)2)21-17(22)11-23-15-7-5-6-14-9-19(3,4)24-18(14)15/h5-8,10H,9,11H2,1-4H3,(H,20,21,22). The summed E-state index contributed by atoms with van der Waals surface area (Å²) in [5, 5.41) is 2.75. The van der Waals surface area contributed by atoms with Gasteiger partial charge in [0.25, 0.3) is 5.91 Å². The van der Waals surface area contributed by atoms with Gasteiger partial charge in [-0.3, -0.25) is 4.79 Å². The number of nitrogens with one attached hydrogen (secondary N) is 1. The van der Waals surface area contributed by atoms with Gasteiger partial charge in [0, 0.05) is 18.2 Å². The van der Waals surface area contributed by atoms with Crippen molar-refractivity contribution >= 4 is 11.7 Å². The summed E-state index contributed by atoms with van der Waals surface area (Å²) >= 11 is 0. The van der Waals surface area contributed by atoms with Crippen LogP contribution in [-0.4, -0.2) is 23.1 Å². The minimum Gasteiger partial charge on any atom is -0.483 e. The van der Waals surface area contributed by atoms with Crippen LogP contribution in [0.25, 0.3) is 0 Å². The van der Waals surface area contributed by atoms with E-state index in [1.165, 1.54) is 0 Å². The Bertz CT molecular complexity index is 784. The molecule has 1 aliphatic heterocycles. The van der Waals surface area contributed by atoms with E-state index in [0.29, 0.717) is 11.6 Å². The molecule has 3 rings (SSSR count). The van der Waals surface area contributed by atoms with Crippen LogP contribution in [0, 0.1) is 13.8 Å². The molecule has 0 spiro atoms. The van der Waals surface area contributed by atoms with Crippen LogP contribution in [0.3, 0.4) is 0 Å². The fraction of sp³-hybridized carbons (Fsp3) is 0.368. The Morgan fingerprint density at radius 3 is 2.88 bits per heavy atom. The average molecular weight is 326 g/mol. The van der Waals surface area contributed by atoms with E-state index in [1.807, 2.05) is 52.0 Å². The molecule has 1 amide bonds. The zero-order valence-corrected chi connectivity index (χ0v) is 14.5. The molecule has 1 N–H and O–H groups in total. The molecule has 0 aliphatic carbocycles. The molecule has 0 bridgehead atoms. The van der Waals surface area contributed by atoms with Gasteiger partial charge in [-0.15, -0.1) is 0 Å². The van der Waals surface area contributed by atoms with Crippen molar-refractivity contribution in [1.82, 2.24) is 4.98 Å². The Hall–Kier alpha value is -2.56. The largest absolute Gasteiger partial charge is 0.483 e. The third kappa shape index (κ3) is 3.50. The van der Waals surface area contributed by atoms with E-state index in [9.17, 15) is 4.79 Å². The van der Waals surface area contributed by atoms with Crippen molar-refractivity contribution in [2.24, 2.45) is 0 Å². The zero-order valence-electron chi connectivity index (χ0n) is 14.5. The maximum absolute atomic E-state index is 12.1. The zero-order chi connectivity index (χ0) is 17.3. The van der Waals surface area contributed by atoms with Gasteiger partial charge in [-0.05, 0) is 51.0 Å². The Kier molecular flexibility index (Phi) is 4.18. The van der Waals surface area contributed by atoms with Crippen molar-refractivity contribution in [3.05, 3.63) is 47.2 Å². The first-order valence-electron chi connectivity index (χ1n) is 8.01. The number of hydrogen-bond acceptors (Lipinski definition) is 4. The molecule has 0 saturated carbocycles. The molecule has 126 valence electrons. The lowest BCUT2D eigenvalue weighted by Crippen LogP contribution is -2.25. The number of rotatable bonds is 4. The number of hydrogen-bond donors (Lipinski definition) is 1. The van der Waals surface area contributed by atoms with Crippen molar-refractivity contribution in [1.29, 1.82) is 0 Å². The van der Waals surface area contributed by atoms with Gasteiger partial charge in [0.1, 0.15) is 11.4 Å². The molecule has 5 nitrogen and oxygen atoms in total. The molecule has 1 aromatic heterocycles. The fourth-order valence-electron chi connectivity index (χ4n) is 2.72. The van der Waals surface area contributed by atoms with Crippen LogP contribution in [0.1, 0.15) is 30.5 Å². The Labute approximate surface area is 142 Å². The van der Waals surface area contributed by atoms with Gasteiger partial charge in [-0.2, -0.15) is 0 Å². The quantitative estimate of drug-likeness (QED) is 0.935. The van der Waals surface area contributed by atoms with Gasteiger partial charge in [-0.25, -0.2) is 4.98 Å². The Balaban J connectivity index is 1.63. The number of benzene rings is 1. The number of aromatic nitrogens is 1. The van der Waals surface area contributed by atoms with Crippen molar-refractivity contribution in [3.8, 4) is 11.5 Å². The third-order valence-corrected chi connectivity index (χ3v) is 4.05. The van der Waals surface area contributed by atoms with Crippen molar-refractivity contribution in [2.45, 2.75) is 39.7 Å². The van der Waals surface area contributed by atoms with E-state index < -0.39 is 0 Å². The van der Waals surface area contributed by atoms with Crippen LogP contribution in [-0.2, 0) is 11.2 Å². The second-order valence-corrected chi connectivity index (χ2v) is 6.77. The number of ether oxygens (including phenoxy) is 2. The lowest BCUT2D eigenvalue weighted by atomic mass is 10.0. The van der Waals surface area contributed by atoms with E-state index in [2.05, 4.69) is 10.3 Å². The maximum Gasteiger partial charge on any atom is 0.263 e. The van der Waals surface area contributed by atoms with Crippen LogP contribution in [0.2, 0.25) is 0 Å². The normalized spacial score (nSPS) is 14.7. The number of fused-ring (bicyclic) bond motifs is 1. The molecule has 0 unspecified atom stereocenters. The summed E-state index contributed by atoms with van der Waals surface area (Å²) in [5.41, 5.74) is 3.03. The lowest BCUT2D eigenvalue weighted by Gasteiger charge is -2.18. The fourth-order valence-corrected chi connectivity index (χ4v) is 2.72. The summed E-state index contributed by atoms with van der Waals surface area (Å²) in [7, 11) is 0. The van der Waals surface area contributed by atoms with Crippen molar-refractivity contribution in [3.63, 3.8) is 0 Å². The van der Waals surface area contributed by atoms with Gasteiger partial charge in [0.05, 0.1) is 0 Å². The smallest absolute Gasteiger partial charge is 0.263 e. The first kappa shape index (κ1) is 16.3. The first-order valence-corrected chi connectivity index (χ1v) is 8.01. The summed E-state index contributed by atoms with van der Waals surface area (Å²) in [6.07, 6.45) is 2.57. The van der Waals surface area contributed by atoms with E-state index in [1.54, 1.807) is 6.20 Å². The minimum atomic E-state index is -0.249. The van der Waals surface area contributed by atoms with E-state index in [0.717, 1.165) is 28.9 Å². The first-order chi connectivity index (χ1) is 11.3. The monoisotopic (exact) mass is 326 g/mol. The average Bonchev–Trinajstić information content (AvgIpc) is 2.83. The molecule has 1 aromatic carbocycles. The molecular formula is C19H22N2O3. The van der Waals surface area contributed by atoms with Gasteiger partial charge in [-0.1, -0.05) is 12.1 Å². The van der Waals surface area contributed by atoms with Gasteiger partial charge >= 0.3 is 0 Å². The van der Waals surface area contributed by atoms with Crippen LogP contribution >= 0.6 is 0 Å². The highest BCUT2D eigenvalue weighted by Gasteiger charge is 2.32. The highest BCUT2D eigenvalue weighted by atomic mass is 16.5. The number of para-hydroxylation sites is 1. The van der Waals surface area contributed by atoms with Gasteiger partial charge < -0.3 is 14.8 Å². The molecule has 2 aromatic rings. The van der Waals surface area contributed by atoms with Crippen LogP contribution in [0.15, 0.2) is 30.5 Å². The Morgan fingerprint density at radius 1 is 1.33 bits per heavy atom. The number of amides is 1.